The fourth-order valence-corrected chi connectivity index (χ4v) is 3.54. The van der Waals surface area contributed by atoms with Gasteiger partial charge in [-0.1, -0.05) is 41.4 Å². The van der Waals surface area contributed by atoms with Crippen LogP contribution in [-0.4, -0.2) is 17.5 Å². The molecule has 6 heteroatoms. The molecule has 27 heavy (non-hydrogen) atoms. The quantitative estimate of drug-likeness (QED) is 0.504. The number of anilines is 1. The Labute approximate surface area is 168 Å². The summed E-state index contributed by atoms with van der Waals surface area (Å²) in [5.41, 5.74) is 3.19. The summed E-state index contributed by atoms with van der Waals surface area (Å²) in [5.74, 6) is 0.692. The molecule has 0 aliphatic rings. The van der Waals surface area contributed by atoms with Crippen LogP contribution >= 0.6 is 22.9 Å². The number of thiazole rings is 1. The maximum Gasteiger partial charge on any atom is 0.226 e. The van der Waals surface area contributed by atoms with E-state index in [4.69, 9.17) is 16.3 Å². The smallest absolute Gasteiger partial charge is 0.226 e. The number of carbonyl (C=O) groups excluding carboxylic acids is 1. The molecule has 1 amide bonds. The van der Waals surface area contributed by atoms with Gasteiger partial charge in [-0.25, -0.2) is 4.98 Å². The van der Waals surface area contributed by atoms with Gasteiger partial charge in [0.1, 0.15) is 5.75 Å². The van der Waals surface area contributed by atoms with E-state index >= 15 is 0 Å². The second-order valence-electron chi connectivity index (χ2n) is 6.24. The normalized spacial score (nSPS) is 10.6. The van der Waals surface area contributed by atoms with Crippen LogP contribution in [0.4, 0.5) is 5.13 Å². The Kier molecular flexibility index (Phi) is 6.48. The second kappa shape index (κ2) is 9.02. The maximum absolute atomic E-state index is 12.2. The van der Waals surface area contributed by atoms with Gasteiger partial charge in [0.25, 0.3) is 0 Å². The molecule has 0 fully saturated rings. The minimum Gasteiger partial charge on any atom is -0.494 e. The SMILES string of the molecule is Cc1ccc(-c2nc(NC(=O)CCCOc3ccc(Cl)cc3)sc2C)cc1. The number of hydrogen-bond donors (Lipinski definition) is 1. The van der Waals surface area contributed by atoms with Gasteiger partial charge in [-0.05, 0) is 44.5 Å². The van der Waals surface area contributed by atoms with E-state index in [1.807, 2.05) is 19.1 Å². The molecule has 0 atom stereocenters. The molecule has 1 N–H and O–H groups in total. The topological polar surface area (TPSA) is 51.2 Å². The van der Waals surface area contributed by atoms with Crippen LogP contribution in [0.5, 0.6) is 5.75 Å². The van der Waals surface area contributed by atoms with E-state index in [2.05, 4.69) is 41.5 Å². The zero-order valence-electron chi connectivity index (χ0n) is 15.3. The average molecular weight is 401 g/mol. The summed E-state index contributed by atoms with van der Waals surface area (Å²) in [7, 11) is 0. The number of benzene rings is 2. The second-order valence-corrected chi connectivity index (χ2v) is 7.88. The summed E-state index contributed by atoms with van der Waals surface area (Å²) in [6.07, 6.45) is 1.01. The van der Waals surface area contributed by atoms with Crippen LogP contribution in [0.25, 0.3) is 11.3 Å². The molecular formula is C21H21ClN2O2S. The molecule has 2 aromatic carbocycles. The average Bonchev–Trinajstić information content (AvgIpc) is 3.01. The van der Waals surface area contributed by atoms with Gasteiger partial charge in [-0.15, -0.1) is 11.3 Å². The van der Waals surface area contributed by atoms with E-state index in [1.54, 1.807) is 12.1 Å². The van der Waals surface area contributed by atoms with Gasteiger partial charge < -0.3 is 10.1 Å². The van der Waals surface area contributed by atoms with Crippen LogP contribution in [0.15, 0.2) is 48.5 Å². The van der Waals surface area contributed by atoms with Crippen LogP contribution in [0, 0.1) is 13.8 Å². The molecule has 3 aromatic rings. The van der Waals surface area contributed by atoms with E-state index in [0.29, 0.717) is 29.6 Å². The van der Waals surface area contributed by atoms with Crippen molar-refractivity contribution in [3.8, 4) is 17.0 Å². The maximum atomic E-state index is 12.2. The van der Waals surface area contributed by atoms with Crippen LogP contribution < -0.4 is 10.1 Å². The van der Waals surface area contributed by atoms with Crippen molar-refractivity contribution in [2.75, 3.05) is 11.9 Å². The van der Waals surface area contributed by atoms with E-state index < -0.39 is 0 Å². The van der Waals surface area contributed by atoms with Gasteiger partial charge in [0.2, 0.25) is 5.91 Å². The molecule has 3 rings (SSSR count). The first kappa shape index (κ1) is 19.4. The van der Waals surface area contributed by atoms with Gasteiger partial charge in [0.15, 0.2) is 5.13 Å². The lowest BCUT2D eigenvalue weighted by Crippen LogP contribution is -2.12. The van der Waals surface area contributed by atoms with E-state index in [9.17, 15) is 4.79 Å². The van der Waals surface area contributed by atoms with Gasteiger partial charge in [0.05, 0.1) is 12.3 Å². The number of amides is 1. The standard InChI is InChI=1S/C21H21ClN2O2S/c1-14-5-7-16(8-6-14)20-15(2)27-21(24-20)23-19(25)4-3-13-26-18-11-9-17(22)10-12-18/h5-12H,3-4,13H2,1-2H3,(H,23,24,25). The number of carbonyl (C=O) groups is 1. The van der Waals surface area contributed by atoms with Gasteiger partial charge in [-0.3, -0.25) is 4.79 Å². The number of hydrogen-bond acceptors (Lipinski definition) is 4. The molecule has 4 nitrogen and oxygen atoms in total. The highest BCUT2D eigenvalue weighted by atomic mass is 35.5. The Balaban J connectivity index is 1.48. The highest BCUT2D eigenvalue weighted by molar-refractivity contribution is 7.16. The predicted molar refractivity (Wildman–Crippen MR) is 112 cm³/mol. The largest absolute Gasteiger partial charge is 0.494 e. The summed E-state index contributed by atoms with van der Waals surface area (Å²) >= 11 is 7.33. The molecule has 1 heterocycles. The molecule has 0 radical (unpaired) electrons. The molecule has 0 bridgehead atoms. The zero-order valence-corrected chi connectivity index (χ0v) is 16.9. The lowest BCUT2D eigenvalue weighted by atomic mass is 10.1. The zero-order chi connectivity index (χ0) is 19.2. The Morgan fingerprint density at radius 3 is 2.52 bits per heavy atom. The summed E-state index contributed by atoms with van der Waals surface area (Å²) < 4.78 is 5.60. The lowest BCUT2D eigenvalue weighted by molar-refractivity contribution is -0.116. The highest BCUT2D eigenvalue weighted by Gasteiger charge is 2.12. The van der Waals surface area contributed by atoms with Crippen molar-refractivity contribution in [3.63, 3.8) is 0 Å². The van der Waals surface area contributed by atoms with Crippen molar-refractivity contribution in [2.45, 2.75) is 26.7 Å². The fourth-order valence-electron chi connectivity index (χ4n) is 2.56. The van der Waals surface area contributed by atoms with Gasteiger partial charge in [-0.2, -0.15) is 0 Å². The number of rotatable bonds is 7. The number of halogens is 1. The number of nitrogens with one attached hydrogen (secondary N) is 1. The molecule has 0 unspecified atom stereocenters. The molecule has 0 aliphatic heterocycles. The molecule has 0 saturated heterocycles. The van der Waals surface area contributed by atoms with Crippen LogP contribution in [0.2, 0.25) is 5.02 Å². The molecule has 0 spiro atoms. The van der Waals surface area contributed by atoms with Crippen molar-refractivity contribution in [1.29, 1.82) is 0 Å². The third kappa shape index (κ3) is 5.55. The summed E-state index contributed by atoms with van der Waals surface area (Å²) in [4.78, 5) is 17.8. The first-order valence-corrected chi connectivity index (χ1v) is 9.93. The Morgan fingerprint density at radius 1 is 1.11 bits per heavy atom. The molecular weight excluding hydrogens is 380 g/mol. The number of ether oxygens (including phenoxy) is 1. The monoisotopic (exact) mass is 400 g/mol. The van der Waals surface area contributed by atoms with E-state index in [1.165, 1.54) is 16.9 Å². The highest BCUT2D eigenvalue weighted by Crippen LogP contribution is 2.30. The first-order chi connectivity index (χ1) is 13.0. The summed E-state index contributed by atoms with van der Waals surface area (Å²) in [6.45, 7) is 4.54. The minimum atomic E-state index is -0.0566. The predicted octanol–water partition coefficient (Wildman–Crippen LogP) is 5.88. The first-order valence-electron chi connectivity index (χ1n) is 8.74. The van der Waals surface area contributed by atoms with Crippen LogP contribution in [-0.2, 0) is 4.79 Å². The lowest BCUT2D eigenvalue weighted by Gasteiger charge is -2.06. The van der Waals surface area contributed by atoms with Gasteiger partial charge >= 0.3 is 0 Å². The van der Waals surface area contributed by atoms with Crippen molar-refractivity contribution in [2.24, 2.45) is 0 Å². The van der Waals surface area contributed by atoms with Crippen molar-refractivity contribution >= 4 is 34.0 Å². The fraction of sp³-hybridized carbons (Fsp3) is 0.238. The minimum absolute atomic E-state index is 0.0566. The van der Waals surface area contributed by atoms with Crippen molar-refractivity contribution < 1.29 is 9.53 Å². The van der Waals surface area contributed by atoms with E-state index in [-0.39, 0.29) is 5.91 Å². The summed E-state index contributed by atoms with van der Waals surface area (Å²) in [5, 5.41) is 4.19. The Bertz CT molecular complexity index is 905. The summed E-state index contributed by atoms with van der Waals surface area (Å²) in [6, 6.07) is 15.4. The molecule has 0 aliphatic carbocycles. The van der Waals surface area contributed by atoms with Crippen LogP contribution in [0.1, 0.15) is 23.3 Å². The van der Waals surface area contributed by atoms with E-state index in [0.717, 1.165) is 21.9 Å². The molecule has 1 aromatic heterocycles. The number of nitrogens with zero attached hydrogens (tertiary/aromatic N) is 1. The third-order valence-corrected chi connectivity index (χ3v) is 5.14. The molecule has 140 valence electrons. The van der Waals surface area contributed by atoms with Crippen LogP contribution in [0.3, 0.4) is 0 Å². The third-order valence-electron chi connectivity index (χ3n) is 4.00. The van der Waals surface area contributed by atoms with Crippen molar-refractivity contribution in [3.05, 3.63) is 64.0 Å². The number of aromatic nitrogens is 1. The van der Waals surface area contributed by atoms with Gasteiger partial charge in [0, 0.05) is 21.9 Å². The molecule has 0 saturated carbocycles. The number of aryl methyl sites for hydroxylation is 2. The Morgan fingerprint density at radius 2 is 1.81 bits per heavy atom. The Hall–Kier alpha value is -2.37. The van der Waals surface area contributed by atoms with Crippen molar-refractivity contribution in [1.82, 2.24) is 4.98 Å².